The largest absolute Gasteiger partial charge is 0.443 e. The fraction of sp³-hybridized carbons (Fsp3) is 0.308. The first-order valence-electron chi connectivity index (χ1n) is 5.95. The fourth-order valence-corrected chi connectivity index (χ4v) is 2.72. The Hall–Kier alpha value is -1.54. The van der Waals surface area contributed by atoms with Crippen molar-refractivity contribution in [2.75, 3.05) is 7.05 Å². The van der Waals surface area contributed by atoms with Crippen LogP contribution in [0, 0.1) is 11.6 Å². The Kier molecular flexibility index (Phi) is 4.58. The van der Waals surface area contributed by atoms with E-state index >= 15 is 0 Å². The highest BCUT2D eigenvalue weighted by molar-refractivity contribution is 7.11. The number of hydrogen-bond donors (Lipinski definition) is 1. The van der Waals surface area contributed by atoms with E-state index in [0.717, 1.165) is 18.3 Å². The van der Waals surface area contributed by atoms with Crippen molar-refractivity contribution in [1.82, 2.24) is 10.3 Å². The van der Waals surface area contributed by atoms with Crippen LogP contribution in [-0.2, 0) is 12.6 Å². The van der Waals surface area contributed by atoms with Crippen LogP contribution in [0.15, 0.2) is 24.4 Å². The molecule has 0 aliphatic carbocycles. The third-order valence-corrected chi connectivity index (χ3v) is 4.04. The predicted molar refractivity (Wildman–Crippen MR) is 69.0 cm³/mol. The van der Waals surface area contributed by atoms with Crippen LogP contribution < -0.4 is 5.32 Å². The molecule has 114 valence electrons. The number of aromatic nitrogens is 1. The average molecular weight is 322 g/mol. The molecular formula is C13H11F5N2S. The van der Waals surface area contributed by atoms with Gasteiger partial charge in [-0.15, -0.1) is 11.3 Å². The quantitative estimate of drug-likeness (QED) is 0.863. The first-order chi connectivity index (χ1) is 9.81. The second-order valence-corrected chi connectivity index (χ2v) is 5.42. The van der Waals surface area contributed by atoms with E-state index in [4.69, 9.17) is 0 Å². The molecule has 1 N–H and O–H groups in total. The maximum absolute atomic E-state index is 13.1. The zero-order chi connectivity index (χ0) is 15.6. The molecule has 0 amide bonds. The van der Waals surface area contributed by atoms with Crippen LogP contribution in [0.3, 0.4) is 0 Å². The summed E-state index contributed by atoms with van der Waals surface area (Å²) in [5, 5.41) is 1.92. The van der Waals surface area contributed by atoms with Crippen molar-refractivity contribution in [1.29, 1.82) is 0 Å². The van der Waals surface area contributed by atoms with Gasteiger partial charge in [0.25, 0.3) is 0 Å². The van der Waals surface area contributed by atoms with Crippen LogP contribution >= 0.6 is 11.3 Å². The Bertz CT molecular complexity index is 623. The lowest BCUT2D eigenvalue weighted by atomic mass is 10.1. The van der Waals surface area contributed by atoms with E-state index in [1.54, 1.807) is 7.05 Å². The number of likely N-dealkylation sites (N-methyl/N-ethyl adjacent to an activating group) is 1. The van der Waals surface area contributed by atoms with Crippen LogP contribution in [0.25, 0.3) is 0 Å². The number of hydrogen-bond acceptors (Lipinski definition) is 3. The van der Waals surface area contributed by atoms with Gasteiger partial charge in [-0.3, -0.25) is 0 Å². The van der Waals surface area contributed by atoms with E-state index in [9.17, 15) is 22.0 Å². The molecule has 2 nitrogen and oxygen atoms in total. The van der Waals surface area contributed by atoms with Gasteiger partial charge in [-0.1, -0.05) is 6.07 Å². The van der Waals surface area contributed by atoms with Gasteiger partial charge in [-0.25, -0.2) is 13.8 Å². The van der Waals surface area contributed by atoms with Gasteiger partial charge in [0.2, 0.25) is 0 Å². The normalized spacial score (nSPS) is 13.4. The predicted octanol–water partition coefficient (Wildman–Crippen LogP) is 3.94. The Morgan fingerprint density at radius 3 is 2.48 bits per heavy atom. The number of nitrogens with one attached hydrogen (secondary N) is 1. The minimum absolute atomic E-state index is 0.229. The van der Waals surface area contributed by atoms with Crippen molar-refractivity contribution in [3.05, 3.63) is 51.5 Å². The minimum atomic E-state index is -4.48. The van der Waals surface area contributed by atoms with Gasteiger partial charge in [0, 0.05) is 17.1 Å². The average Bonchev–Trinajstić information content (AvgIpc) is 2.89. The van der Waals surface area contributed by atoms with Crippen molar-refractivity contribution in [3.8, 4) is 0 Å². The van der Waals surface area contributed by atoms with E-state index < -0.39 is 28.9 Å². The summed E-state index contributed by atoms with van der Waals surface area (Å²) in [6, 6.07) is 2.97. The van der Waals surface area contributed by atoms with Gasteiger partial charge in [-0.2, -0.15) is 13.2 Å². The van der Waals surface area contributed by atoms with Gasteiger partial charge < -0.3 is 5.32 Å². The molecule has 0 saturated carbocycles. The summed E-state index contributed by atoms with van der Waals surface area (Å²) >= 11 is 0.533. The Morgan fingerprint density at radius 1 is 1.24 bits per heavy atom. The second kappa shape index (κ2) is 6.07. The Morgan fingerprint density at radius 2 is 1.95 bits per heavy atom. The smallest absolute Gasteiger partial charge is 0.312 e. The van der Waals surface area contributed by atoms with Crippen molar-refractivity contribution in [2.24, 2.45) is 0 Å². The van der Waals surface area contributed by atoms with Crippen molar-refractivity contribution in [3.63, 3.8) is 0 Å². The topological polar surface area (TPSA) is 24.9 Å². The van der Waals surface area contributed by atoms with Crippen LogP contribution in [0.5, 0.6) is 0 Å². The summed E-state index contributed by atoms with van der Waals surface area (Å²) in [5.74, 6) is -1.94. The zero-order valence-corrected chi connectivity index (χ0v) is 11.7. The molecule has 1 aromatic heterocycles. The van der Waals surface area contributed by atoms with Crippen molar-refractivity contribution in [2.45, 2.75) is 18.6 Å². The molecule has 21 heavy (non-hydrogen) atoms. The molecule has 0 aliphatic rings. The molecule has 8 heteroatoms. The summed E-state index contributed by atoms with van der Waals surface area (Å²) in [5.41, 5.74) is 0.482. The van der Waals surface area contributed by atoms with Crippen LogP contribution in [0.2, 0.25) is 0 Å². The zero-order valence-electron chi connectivity index (χ0n) is 10.8. The summed E-state index contributed by atoms with van der Waals surface area (Å²) < 4.78 is 63.6. The maximum Gasteiger partial charge on any atom is 0.443 e. The van der Waals surface area contributed by atoms with Gasteiger partial charge >= 0.3 is 6.18 Å². The van der Waals surface area contributed by atoms with Gasteiger partial charge in [0.15, 0.2) is 16.6 Å². The monoisotopic (exact) mass is 322 g/mol. The highest BCUT2D eigenvalue weighted by Crippen LogP contribution is 2.35. The van der Waals surface area contributed by atoms with E-state index in [1.807, 2.05) is 0 Å². The molecule has 0 saturated heterocycles. The van der Waals surface area contributed by atoms with Gasteiger partial charge in [0.05, 0.1) is 0 Å². The number of alkyl halides is 3. The molecule has 1 atom stereocenters. The van der Waals surface area contributed by atoms with Gasteiger partial charge in [0.1, 0.15) is 0 Å². The van der Waals surface area contributed by atoms with Crippen LogP contribution in [0.4, 0.5) is 22.0 Å². The SMILES string of the molecule is CNC(Cc1ccc(F)c(F)c1)c1cnc(C(F)(F)F)s1. The highest BCUT2D eigenvalue weighted by atomic mass is 32.1. The molecular weight excluding hydrogens is 311 g/mol. The third-order valence-electron chi connectivity index (χ3n) is 2.88. The summed E-state index contributed by atoms with van der Waals surface area (Å²) in [6.07, 6.45) is -3.11. The molecule has 1 aromatic carbocycles. The summed E-state index contributed by atoms with van der Waals surface area (Å²) in [7, 11) is 1.58. The number of halogens is 5. The molecule has 0 spiro atoms. The summed E-state index contributed by atoms with van der Waals surface area (Å²) in [6.45, 7) is 0. The Labute approximate surface area is 121 Å². The van der Waals surface area contributed by atoms with E-state index in [2.05, 4.69) is 10.3 Å². The molecule has 1 heterocycles. The number of benzene rings is 1. The fourth-order valence-electron chi connectivity index (χ4n) is 1.83. The molecule has 0 aliphatic heterocycles. The second-order valence-electron chi connectivity index (χ2n) is 4.36. The lowest BCUT2D eigenvalue weighted by Gasteiger charge is -2.14. The van der Waals surface area contributed by atoms with E-state index in [0.29, 0.717) is 21.8 Å². The molecule has 2 aromatic rings. The molecule has 0 radical (unpaired) electrons. The number of rotatable bonds is 4. The molecule has 2 rings (SSSR count). The van der Waals surface area contributed by atoms with E-state index in [1.165, 1.54) is 6.07 Å². The van der Waals surface area contributed by atoms with Crippen LogP contribution in [0.1, 0.15) is 21.5 Å². The van der Waals surface area contributed by atoms with Crippen molar-refractivity contribution >= 4 is 11.3 Å². The number of thiazole rings is 1. The minimum Gasteiger partial charge on any atom is -0.312 e. The lowest BCUT2D eigenvalue weighted by molar-refractivity contribution is -0.137. The highest BCUT2D eigenvalue weighted by Gasteiger charge is 2.35. The lowest BCUT2D eigenvalue weighted by Crippen LogP contribution is -2.17. The van der Waals surface area contributed by atoms with E-state index in [-0.39, 0.29) is 6.42 Å². The molecule has 0 fully saturated rings. The van der Waals surface area contributed by atoms with Crippen LogP contribution in [-0.4, -0.2) is 12.0 Å². The molecule has 1 unspecified atom stereocenters. The standard InChI is InChI=1S/C13H11F5N2S/c1-19-10(5-7-2-3-8(14)9(15)4-7)11-6-20-12(21-11)13(16,17)18/h2-4,6,10,19H,5H2,1H3. The first-order valence-corrected chi connectivity index (χ1v) is 6.77. The van der Waals surface area contributed by atoms with Crippen molar-refractivity contribution < 1.29 is 22.0 Å². The summed E-state index contributed by atoms with van der Waals surface area (Å²) in [4.78, 5) is 3.73. The van der Waals surface area contributed by atoms with Gasteiger partial charge in [-0.05, 0) is 31.2 Å². The first kappa shape index (κ1) is 15.8. The Balaban J connectivity index is 2.19. The third kappa shape index (κ3) is 3.76. The number of nitrogens with zero attached hydrogens (tertiary/aromatic N) is 1. The maximum atomic E-state index is 13.1. The molecule has 0 bridgehead atoms.